The molecule has 0 radical (unpaired) electrons. The van der Waals surface area contributed by atoms with Crippen molar-refractivity contribution in [3.8, 4) is 11.3 Å². The van der Waals surface area contributed by atoms with E-state index >= 15 is 0 Å². The van der Waals surface area contributed by atoms with Gasteiger partial charge in [0, 0.05) is 10.9 Å². The zero-order valence-corrected chi connectivity index (χ0v) is 10.7. The van der Waals surface area contributed by atoms with Crippen LogP contribution in [-0.4, -0.2) is 10.2 Å². The standard InChI is InChI=1S/C16H12N2O2/c19-16-14-4-2-1-3-13(14)15(17-18-16)10-5-6-11-8-20-9-12(11)7-10/h1-7H,8-9H2,(H,18,19). The zero-order chi connectivity index (χ0) is 13.5. The molecule has 4 nitrogen and oxygen atoms in total. The lowest BCUT2D eigenvalue weighted by atomic mass is 10.0. The van der Waals surface area contributed by atoms with Crippen LogP contribution < -0.4 is 5.56 Å². The molecule has 2 heterocycles. The van der Waals surface area contributed by atoms with E-state index in [0.29, 0.717) is 18.6 Å². The molecule has 0 aliphatic carbocycles. The molecule has 0 spiro atoms. The lowest BCUT2D eigenvalue weighted by Crippen LogP contribution is -2.09. The molecule has 0 saturated carbocycles. The molecule has 1 aromatic heterocycles. The molecule has 0 fully saturated rings. The number of aromatic nitrogens is 2. The minimum absolute atomic E-state index is 0.158. The Hall–Kier alpha value is -2.46. The number of fused-ring (bicyclic) bond motifs is 2. The third kappa shape index (κ3) is 1.66. The molecule has 0 amide bonds. The molecule has 3 aromatic rings. The number of ether oxygens (including phenoxy) is 1. The fraction of sp³-hybridized carbons (Fsp3) is 0.125. The highest BCUT2D eigenvalue weighted by Crippen LogP contribution is 2.28. The van der Waals surface area contributed by atoms with Crippen molar-refractivity contribution < 1.29 is 4.74 Å². The highest BCUT2D eigenvalue weighted by atomic mass is 16.5. The molecular formula is C16H12N2O2. The Balaban J connectivity index is 1.99. The Morgan fingerprint density at radius 1 is 1.00 bits per heavy atom. The molecule has 0 saturated heterocycles. The van der Waals surface area contributed by atoms with Gasteiger partial charge in [0.1, 0.15) is 0 Å². The van der Waals surface area contributed by atoms with Crippen LogP contribution in [0.5, 0.6) is 0 Å². The van der Waals surface area contributed by atoms with E-state index in [0.717, 1.165) is 16.6 Å². The Labute approximate surface area is 115 Å². The average molecular weight is 264 g/mol. The molecule has 2 aromatic carbocycles. The third-order valence-corrected chi connectivity index (χ3v) is 3.69. The van der Waals surface area contributed by atoms with E-state index in [1.54, 1.807) is 0 Å². The van der Waals surface area contributed by atoms with Gasteiger partial charge in [0.2, 0.25) is 0 Å². The smallest absolute Gasteiger partial charge is 0.272 e. The van der Waals surface area contributed by atoms with Gasteiger partial charge in [-0.05, 0) is 23.3 Å². The number of benzene rings is 2. The van der Waals surface area contributed by atoms with E-state index in [2.05, 4.69) is 22.3 Å². The van der Waals surface area contributed by atoms with Gasteiger partial charge in [-0.2, -0.15) is 5.10 Å². The predicted octanol–water partition coefficient (Wildman–Crippen LogP) is 2.62. The molecule has 1 aliphatic heterocycles. The quantitative estimate of drug-likeness (QED) is 0.735. The zero-order valence-electron chi connectivity index (χ0n) is 10.7. The summed E-state index contributed by atoms with van der Waals surface area (Å²) in [5, 5.41) is 8.33. The van der Waals surface area contributed by atoms with E-state index < -0.39 is 0 Å². The summed E-state index contributed by atoms with van der Waals surface area (Å²) in [5.41, 5.74) is 4.06. The molecule has 4 rings (SSSR count). The summed E-state index contributed by atoms with van der Waals surface area (Å²) in [6.45, 7) is 1.32. The van der Waals surface area contributed by atoms with Crippen LogP contribution in [0.3, 0.4) is 0 Å². The molecule has 20 heavy (non-hydrogen) atoms. The van der Waals surface area contributed by atoms with Crippen LogP contribution >= 0.6 is 0 Å². The van der Waals surface area contributed by atoms with Crippen LogP contribution in [0.4, 0.5) is 0 Å². The Kier molecular flexibility index (Phi) is 2.44. The van der Waals surface area contributed by atoms with Crippen LogP contribution in [0.15, 0.2) is 47.3 Å². The second-order valence-corrected chi connectivity index (χ2v) is 4.92. The summed E-state index contributed by atoms with van der Waals surface area (Å²) in [6.07, 6.45) is 0. The van der Waals surface area contributed by atoms with E-state index in [1.165, 1.54) is 11.1 Å². The fourth-order valence-corrected chi connectivity index (χ4v) is 2.65. The maximum atomic E-state index is 11.8. The van der Waals surface area contributed by atoms with E-state index in [-0.39, 0.29) is 5.56 Å². The third-order valence-electron chi connectivity index (χ3n) is 3.69. The largest absolute Gasteiger partial charge is 0.372 e. The van der Waals surface area contributed by atoms with Crippen LogP contribution in [0, 0.1) is 0 Å². The van der Waals surface area contributed by atoms with Crippen LogP contribution in [-0.2, 0) is 18.0 Å². The second kappa shape index (κ2) is 4.28. The van der Waals surface area contributed by atoms with Gasteiger partial charge in [0.15, 0.2) is 0 Å². The van der Waals surface area contributed by atoms with Crippen LogP contribution in [0.2, 0.25) is 0 Å². The van der Waals surface area contributed by atoms with E-state index in [1.807, 2.05) is 30.3 Å². The number of hydrogen-bond donors (Lipinski definition) is 1. The molecule has 4 heteroatoms. The number of hydrogen-bond acceptors (Lipinski definition) is 3. The maximum Gasteiger partial charge on any atom is 0.272 e. The molecule has 0 unspecified atom stereocenters. The highest BCUT2D eigenvalue weighted by molar-refractivity contribution is 5.93. The Morgan fingerprint density at radius 3 is 2.70 bits per heavy atom. The first-order valence-corrected chi connectivity index (χ1v) is 6.50. The van der Waals surface area contributed by atoms with Crippen molar-refractivity contribution >= 4 is 10.8 Å². The Morgan fingerprint density at radius 2 is 1.80 bits per heavy atom. The minimum atomic E-state index is -0.158. The van der Waals surface area contributed by atoms with Crippen LogP contribution in [0.25, 0.3) is 22.0 Å². The molecular weight excluding hydrogens is 252 g/mol. The monoisotopic (exact) mass is 264 g/mol. The number of aromatic amines is 1. The van der Waals surface area contributed by atoms with E-state index in [4.69, 9.17) is 4.74 Å². The van der Waals surface area contributed by atoms with Gasteiger partial charge in [0.05, 0.1) is 24.3 Å². The molecule has 0 atom stereocenters. The number of H-pyrrole nitrogens is 1. The first-order chi connectivity index (χ1) is 9.83. The first kappa shape index (κ1) is 11.4. The van der Waals surface area contributed by atoms with Gasteiger partial charge in [-0.15, -0.1) is 0 Å². The number of nitrogens with one attached hydrogen (secondary N) is 1. The summed E-state index contributed by atoms with van der Waals surface area (Å²) in [7, 11) is 0. The van der Waals surface area contributed by atoms with Crippen molar-refractivity contribution in [1.82, 2.24) is 10.2 Å². The van der Waals surface area contributed by atoms with Gasteiger partial charge in [0.25, 0.3) is 5.56 Å². The maximum absolute atomic E-state index is 11.8. The summed E-state index contributed by atoms with van der Waals surface area (Å²) in [4.78, 5) is 11.8. The van der Waals surface area contributed by atoms with Crippen LogP contribution in [0.1, 0.15) is 11.1 Å². The van der Waals surface area contributed by atoms with Gasteiger partial charge in [-0.25, -0.2) is 5.10 Å². The van der Waals surface area contributed by atoms with Gasteiger partial charge in [-0.1, -0.05) is 30.3 Å². The van der Waals surface area contributed by atoms with Gasteiger partial charge in [-0.3, -0.25) is 4.79 Å². The summed E-state index contributed by atoms with van der Waals surface area (Å²) < 4.78 is 5.43. The molecule has 1 N–H and O–H groups in total. The number of nitrogens with zero attached hydrogens (tertiary/aromatic N) is 1. The number of rotatable bonds is 1. The molecule has 0 bridgehead atoms. The predicted molar refractivity (Wildman–Crippen MR) is 76.3 cm³/mol. The fourth-order valence-electron chi connectivity index (χ4n) is 2.65. The van der Waals surface area contributed by atoms with Crippen molar-refractivity contribution in [2.24, 2.45) is 0 Å². The Bertz CT molecular complexity index is 868. The summed E-state index contributed by atoms with van der Waals surface area (Å²) in [6, 6.07) is 13.7. The SMILES string of the molecule is O=c1[nH]nc(-c2ccc3c(c2)COC3)c2ccccc12. The molecule has 1 aliphatic rings. The van der Waals surface area contributed by atoms with Crippen molar-refractivity contribution in [3.63, 3.8) is 0 Å². The minimum Gasteiger partial charge on any atom is -0.372 e. The van der Waals surface area contributed by atoms with Crippen molar-refractivity contribution in [2.45, 2.75) is 13.2 Å². The normalized spacial score (nSPS) is 13.6. The first-order valence-electron chi connectivity index (χ1n) is 6.50. The summed E-state index contributed by atoms with van der Waals surface area (Å²) >= 11 is 0. The second-order valence-electron chi connectivity index (χ2n) is 4.92. The average Bonchev–Trinajstić information content (AvgIpc) is 2.95. The van der Waals surface area contributed by atoms with Crippen molar-refractivity contribution in [2.75, 3.05) is 0 Å². The summed E-state index contributed by atoms with van der Waals surface area (Å²) in [5.74, 6) is 0. The van der Waals surface area contributed by atoms with Crippen molar-refractivity contribution in [3.05, 3.63) is 63.9 Å². The van der Waals surface area contributed by atoms with Crippen molar-refractivity contribution in [1.29, 1.82) is 0 Å². The molecule has 98 valence electrons. The lowest BCUT2D eigenvalue weighted by Gasteiger charge is -2.06. The van der Waals surface area contributed by atoms with Gasteiger partial charge < -0.3 is 4.74 Å². The highest BCUT2D eigenvalue weighted by Gasteiger charge is 2.14. The van der Waals surface area contributed by atoms with E-state index in [9.17, 15) is 4.79 Å². The van der Waals surface area contributed by atoms with Gasteiger partial charge >= 0.3 is 0 Å². The lowest BCUT2D eigenvalue weighted by molar-refractivity contribution is 0.134. The topological polar surface area (TPSA) is 55.0 Å².